The maximum absolute atomic E-state index is 4.21. The molecule has 0 nitrogen and oxygen atoms in total. The maximum Gasteiger partial charge on any atom is 0.0434 e. The van der Waals surface area contributed by atoms with Crippen LogP contribution in [0, 0.1) is 0 Å². The molecule has 0 aliphatic carbocycles. The van der Waals surface area contributed by atoms with Crippen LogP contribution in [0.1, 0.15) is 41.0 Å². The molecule has 8 aromatic rings. The highest BCUT2D eigenvalue weighted by Crippen LogP contribution is 2.44. The number of benzene rings is 6. The van der Waals surface area contributed by atoms with Crippen LogP contribution >= 0.6 is 22.7 Å². The Balaban J connectivity index is 1.17. The molecular weight excluding hydrogens is 641 g/mol. The summed E-state index contributed by atoms with van der Waals surface area (Å²) in [6, 6.07) is 46.0. The number of allylic oxidation sites excluding steroid dienone is 6. The molecule has 0 unspecified atom stereocenters. The van der Waals surface area contributed by atoms with Gasteiger partial charge in [-0.2, -0.15) is 0 Å². The van der Waals surface area contributed by atoms with Gasteiger partial charge in [-0.25, -0.2) is 0 Å². The molecule has 6 aromatic carbocycles. The van der Waals surface area contributed by atoms with Crippen LogP contribution < -0.4 is 0 Å². The van der Waals surface area contributed by atoms with Crippen LogP contribution in [0.5, 0.6) is 0 Å². The topological polar surface area (TPSA) is 0 Å². The average Bonchev–Trinajstić information content (AvgIpc) is 3.73. The van der Waals surface area contributed by atoms with Gasteiger partial charge in [-0.05, 0) is 76.6 Å². The van der Waals surface area contributed by atoms with E-state index in [0.717, 1.165) is 5.57 Å². The standard InChI is InChI=1S/C48H36S2/c1-5-33(35-13-9-7-10-14-35)18-17-31(3)38-23-28-46-44(30-38)42-27-25-39-40(48(42)50-46)24-26-41-43(45(6-2)49-47(39)41)29-32(4)34-19-21-37(22-20-34)36-15-11-8-12-16-36/h5-30H,1-2H2,3-4H3/b31-17+,32-29+,33-18+. The van der Waals surface area contributed by atoms with E-state index in [2.05, 4.69) is 167 Å². The normalized spacial score (nSPS) is 12.7. The van der Waals surface area contributed by atoms with Gasteiger partial charge in [0.2, 0.25) is 0 Å². The third kappa shape index (κ3) is 5.77. The summed E-state index contributed by atoms with van der Waals surface area (Å²) >= 11 is 3.73. The predicted molar refractivity (Wildman–Crippen MR) is 226 cm³/mol. The molecule has 2 heteroatoms. The van der Waals surface area contributed by atoms with Crippen LogP contribution in [0.25, 0.3) is 81.0 Å². The Hall–Kier alpha value is -5.54. The highest BCUT2D eigenvalue weighted by atomic mass is 32.1. The third-order valence-electron chi connectivity index (χ3n) is 9.64. The van der Waals surface area contributed by atoms with Gasteiger partial charge >= 0.3 is 0 Å². The zero-order chi connectivity index (χ0) is 34.2. The van der Waals surface area contributed by atoms with Gasteiger partial charge in [0.1, 0.15) is 0 Å². The summed E-state index contributed by atoms with van der Waals surface area (Å²) in [5.74, 6) is 0. The van der Waals surface area contributed by atoms with Crippen LogP contribution in [0.15, 0.2) is 159 Å². The molecule has 2 heterocycles. The molecule has 0 saturated carbocycles. The average molecular weight is 677 g/mol. The first-order valence-electron chi connectivity index (χ1n) is 16.9. The summed E-state index contributed by atoms with van der Waals surface area (Å²) in [5, 5.41) is 6.52. The van der Waals surface area contributed by atoms with E-state index in [9.17, 15) is 0 Å². The van der Waals surface area contributed by atoms with Gasteiger partial charge in [0, 0.05) is 51.5 Å². The lowest BCUT2D eigenvalue weighted by atomic mass is 9.98. The Morgan fingerprint density at radius 2 is 1.12 bits per heavy atom. The second-order valence-electron chi connectivity index (χ2n) is 12.7. The Morgan fingerprint density at radius 3 is 1.80 bits per heavy atom. The minimum Gasteiger partial charge on any atom is -0.135 e. The summed E-state index contributed by atoms with van der Waals surface area (Å²) in [5.41, 5.74) is 10.9. The molecule has 0 N–H and O–H groups in total. The molecule has 0 atom stereocenters. The number of rotatable bonds is 8. The quantitative estimate of drug-likeness (QED) is 0.141. The van der Waals surface area contributed by atoms with E-state index in [4.69, 9.17) is 0 Å². The van der Waals surface area contributed by atoms with E-state index in [1.807, 2.05) is 40.9 Å². The Labute approximate surface area is 302 Å². The monoisotopic (exact) mass is 676 g/mol. The van der Waals surface area contributed by atoms with E-state index in [1.165, 1.54) is 90.4 Å². The first-order chi connectivity index (χ1) is 24.5. The van der Waals surface area contributed by atoms with Crippen LogP contribution in [0.3, 0.4) is 0 Å². The molecule has 0 spiro atoms. The van der Waals surface area contributed by atoms with Crippen LogP contribution in [0.4, 0.5) is 0 Å². The molecular formula is C48H36S2. The zero-order valence-corrected chi connectivity index (χ0v) is 29.9. The molecule has 8 rings (SSSR count). The molecule has 0 radical (unpaired) electrons. The van der Waals surface area contributed by atoms with E-state index in [0.29, 0.717) is 0 Å². The van der Waals surface area contributed by atoms with Gasteiger partial charge in [-0.1, -0.05) is 153 Å². The second kappa shape index (κ2) is 13.4. The molecule has 0 aliphatic rings. The SMILES string of the molecule is C=C/C(=C\C=C(/C)c1ccc2sc3c(ccc4c3ccc3c(/C=C(\C)c5ccc(-c6ccccc6)cc5)c(C=C)sc34)c2c1)c1ccccc1. The van der Waals surface area contributed by atoms with Crippen LogP contribution in [-0.2, 0) is 0 Å². The summed E-state index contributed by atoms with van der Waals surface area (Å²) in [6.07, 6.45) is 10.6. The molecule has 2 aromatic heterocycles. The second-order valence-corrected chi connectivity index (χ2v) is 14.8. The number of hydrogen-bond acceptors (Lipinski definition) is 2. The third-order valence-corrected chi connectivity index (χ3v) is 12.1. The van der Waals surface area contributed by atoms with Crippen molar-refractivity contribution < 1.29 is 0 Å². The molecule has 0 bridgehead atoms. The Morgan fingerprint density at radius 1 is 0.520 bits per heavy atom. The lowest BCUT2D eigenvalue weighted by molar-refractivity contribution is 1.56. The summed E-state index contributed by atoms with van der Waals surface area (Å²) in [4.78, 5) is 1.21. The number of fused-ring (bicyclic) bond motifs is 7. The van der Waals surface area contributed by atoms with Gasteiger partial charge in [0.25, 0.3) is 0 Å². The molecule has 0 saturated heterocycles. The van der Waals surface area contributed by atoms with E-state index in [-0.39, 0.29) is 0 Å². The number of thiophene rings is 2. The summed E-state index contributed by atoms with van der Waals surface area (Å²) in [6.45, 7) is 12.6. The van der Waals surface area contributed by atoms with Crippen molar-refractivity contribution in [3.63, 3.8) is 0 Å². The van der Waals surface area contributed by atoms with Gasteiger partial charge in [-0.15, -0.1) is 22.7 Å². The van der Waals surface area contributed by atoms with E-state index in [1.54, 1.807) is 0 Å². The van der Waals surface area contributed by atoms with Gasteiger partial charge in [0.05, 0.1) is 0 Å². The van der Waals surface area contributed by atoms with Gasteiger partial charge in [-0.3, -0.25) is 0 Å². The fourth-order valence-corrected chi connectivity index (χ4v) is 9.23. The van der Waals surface area contributed by atoms with Gasteiger partial charge < -0.3 is 0 Å². The van der Waals surface area contributed by atoms with Crippen molar-refractivity contribution in [3.8, 4) is 11.1 Å². The van der Waals surface area contributed by atoms with Crippen molar-refractivity contribution in [1.82, 2.24) is 0 Å². The van der Waals surface area contributed by atoms with Crippen molar-refractivity contribution in [2.24, 2.45) is 0 Å². The van der Waals surface area contributed by atoms with Crippen LogP contribution in [0.2, 0.25) is 0 Å². The Bertz CT molecular complexity index is 2660. The summed E-state index contributed by atoms with van der Waals surface area (Å²) < 4.78 is 3.97. The van der Waals surface area contributed by atoms with Crippen molar-refractivity contribution in [2.75, 3.05) is 0 Å². The summed E-state index contributed by atoms with van der Waals surface area (Å²) in [7, 11) is 0. The molecule has 50 heavy (non-hydrogen) atoms. The fraction of sp³-hybridized carbons (Fsp3) is 0.0417. The Kier molecular flexibility index (Phi) is 8.50. The van der Waals surface area contributed by atoms with Crippen molar-refractivity contribution in [3.05, 3.63) is 186 Å². The van der Waals surface area contributed by atoms with Crippen LogP contribution in [-0.4, -0.2) is 0 Å². The molecule has 0 aliphatic heterocycles. The lowest BCUT2D eigenvalue weighted by Gasteiger charge is -2.06. The minimum atomic E-state index is 1.12. The highest BCUT2D eigenvalue weighted by molar-refractivity contribution is 7.27. The van der Waals surface area contributed by atoms with Crippen molar-refractivity contribution >= 4 is 92.6 Å². The van der Waals surface area contributed by atoms with E-state index >= 15 is 0 Å². The largest absolute Gasteiger partial charge is 0.135 e. The fourth-order valence-electron chi connectivity index (χ4n) is 6.86. The first-order valence-corrected chi connectivity index (χ1v) is 18.5. The molecule has 0 fully saturated rings. The predicted octanol–water partition coefficient (Wildman–Crippen LogP) is 15.0. The van der Waals surface area contributed by atoms with Crippen molar-refractivity contribution in [1.29, 1.82) is 0 Å². The molecule has 240 valence electrons. The molecule has 0 amide bonds. The number of hydrogen-bond donors (Lipinski definition) is 0. The highest BCUT2D eigenvalue weighted by Gasteiger charge is 2.16. The van der Waals surface area contributed by atoms with Crippen molar-refractivity contribution in [2.45, 2.75) is 13.8 Å². The smallest absolute Gasteiger partial charge is 0.0434 e. The first kappa shape index (κ1) is 31.7. The van der Waals surface area contributed by atoms with E-state index < -0.39 is 0 Å². The minimum absolute atomic E-state index is 1.12. The zero-order valence-electron chi connectivity index (χ0n) is 28.2. The maximum atomic E-state index is 4.21. The van der Waals surface area contributed by atoms with Gasteiger partial charge in [0.15, 0.2) is 0 Å². The lowest BCUT2D eigenvalue weighted by Crippen LogP contribution is -1.83.